The number of aryl methyl sites for hydroxylation is 1. The fourth-order valence-electron chi connectivity index (χ4n) is 3.19. The first-order chi connectivity index (χ1) is 13.4. The predicted molar refractivity (Wildman–Crippen MR) is 103 cm³/mol. The standard InChI is InChI=1S/C19H24N4O5/c1-12-9-23(19(27)21-17(12)25)15-10-22(11-16(15)24)18(26)13-3-5-14(6-4-13)28-8-2-7-20/h3-6,9,15-16,24H,2,7-8,10-11,20H2,1H3,(H,21,25,27)/t15-,16-/m1/s1. The highest BCUT2D eigenvalue weighted by Crippen LogP contribution is 2.23. The number of carbonyl (C=O) groups excluding carboxylic acids is 1. The molecule has 2 aromatic rings. The molecule has 1 saturated heterocycles. The van der Waals surface area contributed by atoms with Gasteiger partial charge in [0.15, 0.2) is 0 Å². The van der Waals surface area contributed by atoms with Gasteiger partial charge in [0.05, 0.1) is 18.8 Å². The Kier molecular flexibility index (Phi) is 5.96. The molecule has 1 aromatic heterocycles. The molecule has 9 heteroatoms. The average molecular weight is 388 g/mol. The zero-order valence-corrected chi connectivity index (χ0v) is 15.6. The van der Waals surface area contributed by atoms with E-state index >= 15 is 0 Å². The van der Waals surface area contributed by atoms with Crippen LogP contribution in [0.25, 0.3) is 0 Å². The van der Waals surface area contributed by atoms with E-state index in [1.807, 2.05) is 0 Å². The Bertz CT molecular complexity index is 950. The van der Waals surface area contributed by atoms with Gasteiger partial charge in [0.2, 0.25) is 0 Å². The first kappa shape index (κ1) is 19.8. The second-order valence-electron chi connectivity index (χ2n) is 6.84. The Labute approximate surface area is 161 Å². The highest BCUT2D eigenvalue weighted by atomic mass is 16.5. The van der Waals surface area contributed by atoms with Crippen molar-refractivity contribution in [1.29, 1.82) is 0 Å². The van der Waals surface area contributed by atoms with E-state index in [4.69, 9.17) is 10.5 Å². The van der Waals surface area contributed by atoms with Gasteiger partial charge in [-0.1, -0.05) is 0 Å². The van der Waals surface area contributed by atoms with Crippen LogP contribution in [0.3, 0.4) is 0 Å². The Morgan fingerprint density at radius 2 is 2.00 bits per heavy atom. The number of β-amino-alcohol motifs (C(OH)–C–C–N with tert-alkyl or cyclic N) is 1. The molecule has 150 valence electrons. The van der Waals surface area contributed by atoms with Crippen molar-refractivity contribution >= 4 is 5.91 Å². The maximum Gasteiger partial charge on any atom is 0.328 e. The summed E-state index contributed by atoms with van der Waals surface area (Å²) in [5.74, 6) is 0.406. The number of hydrogen-bond donors (Lipinski definition) is 3. The lowest BCUT2D eigenvalue weighted by Crippen LogP contribution is -2.37. The van der Waals surface area contributed by atoms with Crippen LogP contribution in [0.4, 0.5) is 0 Å². The van der Waals surface area contributed by atoms with Crippen molar-refractivity contribution in [3.05, 3.63) is 62.4 Å². The van der Waals surface area contributed by atoms with Gasteiger partial charge in [-0.2, -0.15) is 0 Å². The van der Waals surface area contributed by atoms with E-state index in [-0.39, 0.29) is 19.0 Å². The van der Waals surface area contributed by atoms with Gasteiger partial charge in [-0.05, 0) is 44.2 Å². The molecule has 0 unspecified atom stereocenters. The van der Waals surface area contributed by atoms with Crippen molar-refractivity contribution < 1.29 is 14.6 Å². The summed E-state index contributed by atoms with van der Waals surface area (Å²) in [6, 6.07) is 6.13. The fraction of sp³-hybridized carbons (Fsp3) is 0.421. The number of aliphatic hydroxyl groups is 1. The number of nitrogens with one attached hydrogen (secondary N) is 1. The van der Waals surface area contributed by atoms with Crippen molar-refractivity contribution in [3.8, 4) is 5.75 Å². The van der Waals surface area contributed by atoms with E-state index < -0.39 is 23.4 Å². The van der Waals surface area contributed by atoms with Gasteiger partial charge in [0.25, 0.3) is 11.5 Å². The molecule has 0 radical (unpaired) electrons. The molecule has 4 N–H and O–H groups in total. The molecule has 2 atom stereocenters. The summed E-state index contributed by atoms with van der Waals surface area (Å²) in [5, 5.41) is 10.4. The number of benzene rings is 1. The fourth-order valence-corrected chi connectivity index (χ4v) is 3.19. The molecule has 0 spiro atoms. The SMILES string of the molecule is Cc1cn([C@@H]2CN(C(=O)c3ccc(OCCCN)cc3)C[C@H]2O)c(=O)[nH]c1=O. The highest BCUT2D eigenvalue weighted by Gasteiger charge is 2.36. The average Bonchev–Trinajstić information content (AvgIpc) is 3.06. The summed E-state index contributed by atoms with van der Waals surface area (Å²) in [6.45, 7) is 2.91. The van der Waals surface area contributed by atoms with E-state index in [0.29, 0.717) is 30.0 Å². The lowest BCUT2D eigenvalue weighted by molar-refractivity contribution is 0.0764. The second kappa shape index (κ2) is 8.41. The van der Waals surface area contributed by atoms with Crippen LogP contribution in [0.2, 0.25) is 0 Å². The second-order valence-corrected chi connectivity index (χ2v) is 6.84. The predicted octanol–water partition coefficient (Wildman–Crippen LogP) is -0.369. The number of ether oxygens (including phenoxy) is 1. The van der Waals surface area contributed by atoms with E-state index in [1.165, 1.54) is 15.7 Å². The third-order valence-corrected chi connectivity index (χ3v) is 4.77. The topological polar surface area (TPSA) is 131 Å². The lowest BCUT2D eigenvalue weighted by Gasteiger charge is -2.18. The van der Waals surface area contributed by atoms with Crippen molar-refractivity contribution in [2.75, 3.05) is 26.2 Å². The minimum absolute atomic E-state index is 0.100. The largest absolute Gasteiger partial charge is 0.494 e. The maximum absolute atomic E-state index is 12.8. The number of nitrogens with zero attached hydrogens (tertiary/aromatic N) is 2. The quantitative estimate of drug-likeness (QED) is 0.579. The molecule has 0 saturated carbocycles. The summed E-state index contributed by atoms with van der Waals surface area (Å²) in [5.41, 5.74) is 5.18. The van der Waals surface area contributed by atoms with Gasteiger partial charge >= 0.3 is 5.69 Å². The summed E-state index contributed by atoms with van der Waals surface area (Å²) in [7, 11) is 0. The molecule has 2 heterocycles. The summed E-state index contributed by atoms with van der Waals surface area (Å²) in [6.07, 6.45) is 1.25. The van der Waals surface area contributed by atoms with E-state index in [9.17, 15) is 19.5 Å². The van der Waals surface area contributed by atoms with Gasteiger partial charge in [-0.25, -0.2) is 4.79 Å². The van der Waals surface area contributed by atoms with E-state index in [0.717, 1.165) is 6.42 Å². The van der Waals surface area contributed by atoms with Crippen LogP contribution in [-0.4, -0.2) is 57.8 Å². The minimum Gasteiger partial charge on any atom is -0.494 e. The number of aliphatic hydroxyl groups excluding tert-OH is 1. The normalized spacial score (nSPS) is 19.0. The third-order valence-electron chi connectivity index (χ3n) is 4.77. The van der Waals surface area contributed by atoms with Crippen LogP contribution in [0.5, 0.6) is 5.75 Å². The van der Waals surface area contributed by atoms with Crippen LogP contribution >= 0.6 is 0 Å². The molecular formula is C19H24N4O5. The number of H-pyrrole nitrogens is 1. The highest BCUT2D eigenvalue weighted by molar-refractivity contribution is 5.94. The van der Waals surface area contributed by atoms with Crippen molar-refractivity contribution in [2.45, 2.75) is 25.5 Å². The van der Waals surface area contributed by atoms with Crippen LogP contribution in [-0.2, 0) is 0 Å². The van der Waals surface area contributed by atoms with Crippen LogP contribution in [0.15, 0.2) is 40.1 Å². The summed E-state index contributed by atoms with van der Waals surface area (Å²) in [4.78, 5) is 40.1. The number of hydrogen-bond acceptors (Lipinski definition) is 6. The van der Waals surface area contributed by atoms with Crippen LogP contribution in [0.1, 0.15) is 28.4 Å². The molecule has 0 aliphatic carbocycles. The molecule has 3 rings (SSSR count). The number of aromatic nitrogens is 2. The van der Waals surface area contributed by atoms with Gasteiger partial charge < -0.3 is 20.5 Å². The number of amides is 1. The molecule has 9 nitrogen and oxygen atoms in total. The monoisotopic (exact) mass is 388 g/mol. The number of rotatable bonds is 6. The maximum atomic E-state index is 12.8. The zero-order valence-electron chi connectivity index (χ0n) is 15.6. The minimum atomic E-state index is -0.911. The Morgan fingerprint density at radius 1 is 1.29 bits per heavy atom. The first-order valence-electron chi connectivity index (χ1n) is 9.13. The van der Waals surface area contributed by atoms with E-state index in [1.54, 1.807) is 31.2 Å². The molecular weight excluding hydrogens is 364 g/mol. The molecule has 1 fully saturated rings. The molecule has 1 aliphatic rings. The molecule has 0 bridgehead atoms. The number of carbonyl (C=O) groups is 1. The van der Waals surface area contributed by atoms with E-state index in [2.05, 4.69) is 4.98 Å². The Balaban J connectivity index is 1.72. The van der Waals surface area contributed by atoms with Crippen LogP contribution < -0.4 is 21.7 Å². The van der Waals surface area contributed by atoms with Crippen LogP contribution in [0, 0.1) is 6.92 Å². The molecule has 1 aliphatic heterocycles. The van der Waals surface area contributed by atoms with Crippen molar-refractivity contribution in [2.24, 2.45) is 5.73 Å². The van der Waals surface area contributed by atoms with Gasteiger partial charge in [0.1, 0.15) is 5.75 Å². The van der Waals surface area contributed by atoms with Gasteiger partial charge in [-0.3, -0.25) is 19.1 Å². The van der Waals surface area contributed by atoms with Crippen molar-refractivity contribution in [3.63, 3.8) is 0 Å². The summed E-state index contributed by atoms with van der Waals surface area (Å²) >= 11 is 0. The molecule has 28 heavy (non-hydrogen) atoms. The number of likely N-dealkylation sites (tertiary alicyclic amines) is 1. The molecule has 1 amide bonds. The van der Waals surface area contributed by atoms with Gasteiger partial charge in [0, 0.05) is 30.4 Å². The first-order valence-corrected chi connectivity index (χ1v) is 9.13. The Morgan fingerprint density at radius 3 is 2.68 bits per heavy atom. The number of nitrogens with two attached hydrogens (primary N) is 1. The Hall–Kier alpha value is -2.91. The van der Waals surface area contributed by atoms with Gasteiger partial charge in [-0.15, -0.1) is 0 Å². The smallest absolute Gasteiger partial charge is 0.328 e. The number of aromatic amines is 1. The molecule has 1 aromatic carbocycles. The third kappa shape index (κ3) is 4.15. The van der Waals surface area contributed by atoms with Crippen molar-refractivity contribution in [1.82, 2.24) is 14.5 Å². The zero-order chi connectivity index (χ0) is 20.3. The summed E-state index contributed by atoms with van der Waals surface area (Å²) < 4.78 is 6.80. The lowest BCUT2D eigenvalue weighted by atomic mass is 10.2.